The first-order valence-corrected chi connectivity index (χ1v) is 6.58. The van der Waals surface area contributed by atoms with E-state index in [1.807, 2.05) is 25.1 Å². The molecule has 110 valence electrons. The van der Waals surface area contributed by atoms with Crippen LogP contribution in [-0.4, -0.2) is 34.5 Å². The van der Waals surface area contributed by atoms with Crippen molar-refractivity contribution in [1.29, 1.82) is 5.41 Å². The maximum Gasteiger partial charge on any atom is 0.337 e. The normalized spacial score (nSPS) is 13.7. The lowest BCUT2D eigenvalue weighted by Gasteiger charge is -2.20. The van der Waals surface area contributed by atoms with Crippen LogP contribution in [0.1, 0.15) is 24.5 Å². The van der Waals surface area contributed by atoms with Gasteiger partial charge in [-0.15, -0.1) is 0 Å². The molecule has 0 amide bonds. The number of fused-ring (bicyclic) bond motifs is 1. The molecule has 1 aromatic heterocycles. The number of carbonyl (C=O) groups excluding carboxylic acids is 1. The summed E-state index contributed by atoms with van der Waals surface area (Å²) in [4.78, 5) is 15.8. The highest BCUT2D eigenvalue weighted by molar-refractivity contribution is 6.03. The van der Waals surface area contributed by atoms with Crippen LogP contribution in [-0.2, 0) is 9.53 Å². The molecule has 0 aliphatic heterocycles. The molecular formula is C16H18N2O3. The van der Waals surface area contributed by atoms with Crippen LogP contribution in [0, 0.1) is 12.3 Å². The molecule has 0 fully saturated rings. The number of aromatic nitrogens is 1. The third-order valence-electron chi connectivity index (χ3n) is 3.31. The molecule has 21 heavy (non-hydrogen) atoms. The zero-order valence-corrected chi connectivity index (χ0v) is 12.3. The lowest BCUT2D eigenvalue weighted by Crippen LogP contribution is -2.38. The second-order valence-corrected chi connectivity index (χ2v) is 5.34. The number of benzene rings is 1. The highest BCUT2D eigenvalue weighted by Gasteiger charge is 2.33. The minimum Gasteiger partial charge on any atom is -0.467 e. The summed E-state index contributed by atoms with van der Waals surface area (Å²) in [5, 5.41) is 19.1. The van der Waals surface area contributed by atoms with Crippen LogP contribution >= 0.6 is 0 Å². The summed E-state index contributed by atoms with van der Waals surface area (Å²) in [7, 11) is 1.21. The van der Waals surface area contributed by atoms with Crippen LogP contribution in [0.15, 0.2) is 30.5 Å². The number of hydrogen-bond donors (Lipinski definition) is 2. The molecule has 2 aromatic rings. The Kier molecular flexibility index (Phi) is 4.04. The molecule has 5 heteroatoms. The first-order valence-electron chi connectivity index (χ1n) is 6.58. The van der Waals surface area contributed by atoms with Crippen LogP contribution < -0.4 is 0 Å². The molecule has 1 heterocycles. The second-order valence-electron chi connectivity index (χ2n) is 5.34. The Morgan fingerprint density at radius 2 is 2.14 bits per heavy atom. The van der Waals surface area contributed by atoms with E-state index in [2.05, 4.69) is 9.72 Å². The van der Waals surface area contributed by atoms with E-state index in [1.165, 1.54) is 14.0 Å². The van der Waals surface area contributed by atoms with Crippen LogP contribution in [0.5, 0.6) is 0 Å². The Hall–Kier alpha value is -2.27. The Labute approximate surface area is 123 Å². The Balaban J connectivity index is 2.29. The van der Waals surface area contributed by atoms with Crippen molar-refractivity contribution in [3.63, 3.8) is 0 Å². The largest absolute Gasteiger partial charge is 0.467 e. The zero-order valence-electron chi connectivity index (χ0n) is 12.3. The van der Waals surface area contributed by atoms with Crippen LogP contribution in [0.25, 0.3) is 10.9 Å². The van der Waals surface area contributed by atoms with Gasteiger partial charge in [-0.1, -0.05) is 6.07 Å². The van der Waals surface area contributed by atoms with Crippen molar-refractivity contribution in [3.05, 3.63) is 41.6 Å². The van der Waals surface area contributed by atoms with Gasteiger partial charge < -0.3 is 15.3 Å². The number of ether oxygens (including phenoxy) is 1. The first-order chi connectivity index (χ1) is 9.83. The average Bonchev–Trinajstić information content (AvgIpc) is 2.44. The number of esters is 1. The van der Waals surface area contributed by atoms with Crippen molar-refractivity contribution < 1.29 is 14.6 Å². The molecule has 5 nitrogen and oxygen atoms in total. The fourth-order valence-electron chi connectivity index (χ4n) is 2.17. The van der Waals surface area contributed by atoms with E-state index < -0.39 is 11.6 Å². The third kappa shape index (κ3) is 3.25. The first kappa shape index (κ1) is 15.1. The van der Waals surface area contributed by atoms with E-state index in [0.29, 0.717) is 5.56 Å². The number of pyridine rings is 1. The van der Waals surface area contributed by atoms with Crippen LogP contribution in [0.3, 0.4) is 0 Å². The van der Waals surface area contributed by atoms with Gasteiger partial charge in [0.25, 0.3) is 0 Å². The molecule has 0 aliphatic carbocycles. The summed E-state index contributed by atoms with van der Waals surface area (Å²) < 4.78 is 4.54. The maximum absolute atomic E-state index is 11.5. The van der Waals surface area contributed by atoms with Crippen molar-refractivity contribution in [2.75, 3.05) is 7.11 Å². The van der Waals surface area contributed by atoms with Crippen molar-refractivity contribution in [3.8, 4) is 0 Å². The van der Waals surface area contributed by atoms with Crippen LogP contribution in [0.4, 0.5) is 0 Å². The van der Waals surface area contributed by atoms with Gasteiger partial charge in [0.1, 0.15) is 0 Å². The Morgan fingerprint density at radius 1 is 1.43 bits per heavy atom. The number of methoxy groups -OCH3 is 1. The van der Waals surface area contributed by atoms with Gasteiger partial charge in [0.15, 0.2) is 5.60 Å². The molecular weight excluding hydrogens is 268 g/mol. The van der Waals surface area contributed by atoms with Gasteiger partial charge in [-0.2, -0.15) is 0 Å². The van der Waals surface area contributed by atoms with Gasteiger partial charge in [-0.25, -0.2) is 4.79 Å². The molecule has 0 bridgehead atoms. The molecule has 0 radical (unpaired) electrons. The Morgan fingerprint density at radius 3 is 2.81 bits per heavy atom. The summed E-state index contributed by atoms with van der Waals surface area (Å²) in [5.41, 5.74) is 1.00. The van der Waals surface area contributed by atoms with Gasteiger partial charge in [0.2, 0.25) is 0 Å². The van der Waals surface area contributed by atoms with Gasteiger partial charge >= 0.3 is 5.97 Å². The molecule has 0 aliphatic rings. The number of rotatable bonds is 4. The standard InChI is InChI=1S/C16H18N2O3/c1-10-6-12-7-11(4-5-14(12)18-9-10)13(17)8-16(2,20)15(19)21-3/h4-7,9,17,20H,8H2,1-3H3. The predicted molar refractivity (Wildman–Crippen MR) is 80.6 cm³/mol. The minimum atomic E-state index is -1.70. The fourth-order valence-corrected chi connectivity index (χ4v) is 2.17. The Bertz CT molecular complexity index is 708. The molecule has 1 atom stereocenters. The van der Waals surface area contributed by atoms with Crippen molar-refractivity contribution in [2.45, 2.75) is 25.9 Å². The van der Waals surface area contributed by atoms with Crippen molar-refractivity contribution in [1.82, 2.24) is 4.98 Å². The SMILES string of the molecule is COC(=O)C(C)(O)CC(=N)c1ccc2ncc(C)cc2c1. The van der Waals surface area contributed by atoms with E-state index in [0.717, 1.165) is 16.5 Å². The number of nitrogens with zero attached hydrogens (tertiary/aromatic N) is 1. The lowest BCUT2D eigenvalue weighted by atomic mass is 9.94. The molecule has 1 unspecified atom stereocenters. The summed E-state index contributed by atoms with van der Waals surface area (Å²) in [6, 6.07) is 7.41. The fraction of sp³-hybridized carbons (Fsp3) is 0.312. The van der Waals surface area contributed by atoms with E-state index >= 15 is 0 Å². The number of aryl methyl sites for hydroxylation is 1. The molecule has 2 N–H and O–H groups in total. The number of carbonyl (C=O) groups is 1. The maximum atomic E-state index is 11.5. The van der Waals surface area contributed by atoms with Gasteiger partial charge in [0, 0.05) is 23.7 Å². The summed E-state index contributed by atoms with van der Waals surface area (Å²) >= 11 is 0. The van der Waals surface area contributed by atoms with E-state index in [1.54, 1.807) is 12.3 Å². The molecule has 2 rings (SSSR count). The third-order valence-corrected chi connectivity index (χ3v) is 3.31. The summed E-state index contributed by atoms with van der Waals surface area (Å²) in [6.45, 7) is 3.30. The monoisotopic (exact) mass is 286 g/mol. The molecule has 0 saturated carbocycles. The van der Waals surface area contributed by atoms with Gasteiger partial charge in [0.05, 0.1) is 12.6 Å². The van der Waals surface area contributed by atoms with E-state index in [4.69, 9.17) is 5.41 Å². The van der Waals surface area contributed by atoms with Gasteiger partial charge in [-0.3, -0.25) is 4.98 Å². The second kappa shape index (κ2) is 5.61. The molecule has 1 aromatic carbocycles. The van der Waals surface area contributed by atoms with E-state index in [9.17, 15) is 9.90 Å². The highest BCUT2D eigenvalue weighted by Crippen LogP contribution is 2.20. The molecule has 0 spiro atoms. The summed E-state index contributed by atoms with van der Waals surface area (Å²) in [6.07, 6.45) is 1.68. The van der Waals surface area contributed by atoms with Crippen molar-refractivity contribution in [2.24, 2.45) is 0 Å². The lowest BCUT2D eigenvalue weighted by molar-refractivity contribution is -0.159. The smallest absolute Gasteiger partial charge is 0.337 e. The van der Waals surface area contributed by atoms with Crippen LogP contribution in [0.2, 0.25) is 0 Å². The number of hydrogen-bond acceptors (Lipinski definition) is 5. The zero-order chi connectivity index (χ0) is 15.6. The predicted octanol–water partition coefficient (Wildman–Crippen LogP) is 2.23. The summed E-state index contributed by atoms with van der Waals surface area (Å²) in [5.74, 6) is -0.745. The van der Waals surface area contributed by atoms with E-state index in [-0.39, 0.29) is 12.1 Å². The highest BCUT2D eigenvalue weighted by atomic mass is 16.5. The van der Waals surface area contributed by atoms with Crippen molar-refractivity contribution >= 4 is 22.6 Å². The number of aliphatic hydroxyl groups is 1. The number of nitrogens with one attached hydrogen (secondary N) is 1. The quantitative estimate of drug-likeness (QED) is 0.667. The van der Waals surface area contributed by atoms with Gasteiger partial charge in [-0.05, 0) is 43.2 Å². The minimum absolute atomic E-state index is 0.107. The topological polar surface area (TPSA) is 83.3 Å². The average molecular weight is 286 g/mol. The molecule has 0 saturated heterocycles.